The molecule has 1 atom stereocenters. The SMILES string of the molecule is OC(c1cc[c]cc1)c1ccccc1. The molecule has 14 heavy (non-hydrogen) atoms. The number of aliphatic hydroxyl groups is 1. The van der Waals surface area contributed by atoms with Gasteiger partial charge in [-0.1, -0.05) is 54.6 Å². The van der Waals surface area contributed by atoms with Gasteiger partial charge in [-0.05, 0) is 17.2 Å². The number of rotatable bonds is 2. The number of benzene rings is 2. The van der Waals surface area contributed by atoms with Crippen LogP contribution in [0.4, 0.5) is 0 Å². The molecule has 0 aliphatic rings. The van der Waals surface area contributed by atoms with Crippen molar-refractivity contribution in [1.82, 2.24) is 0 Å². The summed E-state index contributed by atoms with van der Waals surface area (Å²) in [5, 5.41) is 9.98. The molecule has 0 aliphatic heterocycles. The summed E-state index contributed by atoms with van der Waals surface area (Å²) in [6.07, 6.45) is -0.536. The predicted octanol–water partition coefficient (Wildman–Crippen LogP) is 2.57. The third kappa shape index (κ3) is 1.83. The second-order valence-electron chi connectivity index (χ2n) is 3.15. The minimum Gasteiger partial charge on any atom is -0.384 e. The second kappa shape index (κ2) is 4.07. The van der Waals surface area contributed by atoms with E-state index in [1.54, 1.807) is 0 Å². The van der Waals surface area contributed by atoms with Crippen LogP contribution in [0.25, 0.3) is 0 Å². The van der Waals surface area contributed by atoms with Crippen molar-refractivity contribution < 1.29 is 5.11 Å². The maximum Gasteiger partial charge on any atom is 0.104 e. The molecule has 0 amide bonds. The van der Waals surface area contributed by atoms with Crippen LogP contribution >= 0.6 is 0 Å². The molecule has 1 radical (unpaired) electrons. The van der Waals surface area contributed by atoms with Crippen molar-refractivity contribution in [2.45, 2.75) is 6.10 Å². The van der Waals surface area contributed by atoms with Crippen LogP contribution in [-0.4, -0.2) is 5.11 Å². The van der Waals surface area contributed by atoms with Crippen molar-refractivity contribution in [3.8, 4) is 0 Å². The summed E-state index contributed by atoms with van der Waals surface area (Å²) in [7, 11) is 0. The lowest BCUT2D eigenvalue weighted by Gasteiger charge is -2.10. The Morgan fingerprint density at radius 3 is 2.07 bits per heavy atom. The molecule has 0 aliphatic carbocycles. The molecule has 2 rings (SSSR count). The van der Waals surface area contributed by atoms with Gasteiger partial charge in [0.2, 0.25) is 0 Å². The Morgan fingerprint density at radius 2 is 1.43 bits per heavy atom. The average Bonchev–Trinajstić information content (AvgIpc) is 2.30. The fourth-order valence-electron chi connectivity index (χ4n) is 1.41. The highest BCUT2D eigenvalue weighted by Gasteiger charge is 2.07. The summed E-state index contributed by atoms with van der Waals surface area (Å²) in [5.41, 5.74) is 1.81. The van der Waals surface area contributed by atoms with Crippen LogP contribution in [0.3, 0.4) is 0 Å². The second-order valence-corrected chi connectivity index (χ2v) is 3.15. The highest BCUT2D eigenvalue weighted by molar-refractivity contribution is 5.28. The molecule has 0 aromatic heterocycles. The summed E-state index contributed by atoms with van der Waals surface area (Å²) in [6, 6.07) is 19.9. The molecule has 0 fully saturated rings. The minimum absolute atomic E-state index is 0.536. The van der Waals surface area contributed by atoms with E-state index in [4.69, 9.17) is 0 Å². The van der Waals surface area contributed by atoms with Gasteiger partial charge in [0.1, 0.15) is 6.10 Å². The largest absolute Gasteiger partial charge is 0.384 e. The van der Waals surface area contributed by atoms with E-state index in [0.717, 1.165) is 11.1 Å². The maximum absolute atomic E-state index is 9.98. The van der Waals surface area contributed by atoms with Crippen LogP contribution in [0.15, 0.2) is 54.6 Å². The molecule has 2 aromatic carbocycles. The van der Waals surface area contributed by atoms with E-state index >= 15 is 0 Å². The highest BCUT2D eigenvalue weighted by atomic mass is 16.3. The van der Waals surface area contributed by atoms with Gasteiger partial charge in [-0.3, -0.25) is 0 Å². The summed E-state index contributed by atoms with van der Waals surface area (Å²) in [6.45, 7) is 0. The first-order chi connectivity index (χ1) is 6.88. The molecule has 0 heterocycles. The van der Waals surface area contributed by atoms with Gasteiger partial charge < -0.3 is 5.11 Å². The van der Waals surface area contributed by atoms with Gasteiger partial charge in [0.15, 0.2) is 0 Å². The highest BCUT2D eigenvalue weighted by Crippen LogP contribution is 2.20. The first-order valence-electron chi connectivity index (χ1n) is 4.57. The standard InChI is InChI=1S/C13H11O/c14-13(11-7-3-1-4-8-11)12-9-5-2-6-10-12/h1,3-10,13-14H. The van der Waals surface area contributed by atoms with Crippen molar-refractivity contribution in [3.63, 3.8) is 0 Å². The topological polar surface area (TPSA) is 20.2 Å². The van der Waals surface area contributed by atoms with Gasteiger partial charge in [0.05, 0.1) is 0 Å². The Kier molecular flexibility index (Phi) is 2.61. The molecule has 2 aromatic rings. The smallest absolute Gasteiger partial charge is 0.104 e. The van der Waals surface area contributed by atoms with E-state index in [-0.39, 0.29) is 0 Å². The van der Waals surface area contributed by atoms with E-state index < -0.39 is 6.10 Å². The quantitative estimate of drug-likeness (QED) is 0.758. The molecule has 0 bridgehead atoms. The molecular formula is C13H11O. The number of hydrogen-bond donors (Lipinski definition) is 1. The van der Waals surface area contributed by atoms with E-state index in [9.17, 15) is 5.11 Å². The van der Waals surface area contributed by atoms with E-state index in [1.807, 2.05) is 54.6 Å². The molecule has 1 unspecified atom stereocenters. The van der Waals surface area contributed by atoms with E-state index in [2.05, 4.69) is 6.07 Å². The Bertz CT molecular complexity index is 341. The van der Waals surface area contributed by atoms with Gasteiger partial charge in [0.25, 0.3) is 0 Å². The Morgan fingerprint density at radius 1 is 0.857 bits per heavy atom. The lowest BCUT2D eigenvalue weighted by Crippen LogP contribution is -1.98. The molecular weight excluding hydrogens is 172 g/mol. The van der Waals surface area contributed by atoms with Gasteiger partial charge in [-0.15, -0.1) is 0 Å². The maximum atomic E-state index is 9.98. The van der Waals surface area contributed by atoms with Crippen molar-refractivity contribution in [3.05, 3.63) is 71.8 Å². The zero-order valence-electron chi connectivity index (χ0n) is 7.72. The Balaban J connectivity index is 2.30. The zero-order valence-corrected chi connectivity index (χ0v) is 7.72. The fraction of sp³-hybridized carbons (Fsp3) is 0.0769. The minimum atomic E-state index is -0.536. The normalized spacial score (nSPS) is 10.4. The lowest BCUT2D eigenvalue weighted by atomic mass is 10.0. The van der Waals surface area contributed by atoms with Gasteiger partial charge in [-0.2, -0.15) is 0 Å². The number of aliphatic hydroxyl groups excluding tert-OH is 1. The van der Waals surface area contributed by atoms with Crippen molar-refractivity contribution in [1.29, 1.82) is 0 Å². The van der Waals surface area contributed by atoms with Gasteiger partial charge in [0, 0.05) is 0 Å². The Hall–Kier alpha value is -1.60. The monoisotopic (exact) mass is 183 g/mol. The van der Waals surface area contributed by atoms with Crippen LogP contribution in [0.5, 0.6) is 0 Å². The van der Waals surface area contributed by atoms with E-state index in [0.29, 0.717) is 0 Å². The first-order valence-corrected chi connectivity index (χ1v) is 4.57. The van der Waals surface area contributed by atoms with Crippen LogP contribution in [0, 0.1) is 6.07 Å². The molecule has 1 N–H and O–H groups in total. The molecule has 0 spiro atoms. The van der Waals surface area contributed by atoms with Crippen molar-refractivity contribution in [2.75, 3.05) is 0 Å². The third-order valence-electron chi connectivity index (χ3n) is 2.18. The lowest BCUT2D eigenvalue weighted by molar-refractivity contribution is 0.220. The summed E-state index contributed by atoms with van der Waals surface area (Å²) in [5.74, 6) is 0. The van der Waals surface area contributed by atoms with Crippen molar-refractivity contribution >= 4 is 0 Å². The van der Waals surface area contributed by atoms with Gasteiger partial charge >= 0.3 is 0 Å². The predicted molar refractivity (Wildman–Crippen MR) is 55.8 cm³/mol. The van der Waals surface area contributed by atoms with Crippen LogP contribution in [-0.2, 0) is 0 Å². The zero-order chi connectivity index (χ0) is 9.80. The molecule has 1 heteroatoms. The van der Waals surface area contributed by atoms with Crippen LogP contribution < -0.4 is 0 Å². The van der Waals surface area contributed by atoms with E-state index in [1.165, 1.54) is 0 Å². The molecule has 0 saturated heterocycles. The summed E-state index contributed by atoms with van der Waals surface area (Å²) >= 11 is 0. The molecule has 0 saturated carbocycles. The Labute approximate surface area is 83.6 Å². The van der Waals surface area contributed by atoms with Crippen molar-refractivity contribution in [2.24, 2.45) is 0 Å². The number of hydrogen-bond acceptors (Lipinski definition) is 1. The average molecular weight is 183 g/mol. The third-order valence-corrected chi connectivity index (χ3v) is 2.18. The fourth-order valence-corrected chi connectivity index (χ4v) is 1.41. The molecule has 69 valence electrons. The van der Waals surface area contributed by atoms with Crippen LogP contribution in [0.2, 0.25) is 0 Å². The van der Waals surface area contributed by atoms with Gasteiger partial charge in [-0.25, -0.2) is 0 Å². The van der Waals surface area contributed by atoms with Crippen LogP contribution in [0.1, 0.15) is 17.2 Å². The summed E-state index contributed by atoms with van der Waals surface area (Å²) in [4.78, 5) is 0. The first kappa shape index (κ1) is 8.97. The summed E-state index contributed by atoms with van der Waals surface area (Å²) < 4.78 is 0. The molecule has 1 nitrogen and oxygen atoms in total.